The minimum absolute atomic E-state index is 0.150. The van der Waals surface area contributed by atoms with Gasteiger partial charge in [0.05, 0.1) is 5.92 Å². The molecule has 1 fully saturated rings. The molecule has 20 heavy (non-hydrogen) atoms. The highest BCUT2D eigenvalue weighted by atomic mass is 16.2. The van der Waals surface area contributed by atoms with Gasteiger partial charge in [0.1, 0.15) is 0 Å². The van der Waals surface area contributed by atoms with Crippen LogP contribution >= 0.6 is 0 Å². The molecule has 4 heteroatoms. The lowest BCUT2D eigenvalue weighted by Gasteiger charge is -2.16. The highest BCUT2D eigenvalue weighted by Gasteiger charge is 2.20. The zero-order valence-electron chi connectivity index (χ0n) is 12.4. The molecule has 0 spiro atoms. The first kappa shape index (κ1) is 15.0. The molecule has 1 aromatic carbocycles. The van der Waals surface area contributed by atoms with Crippen molar-refractivity contribution in [3.05, 3.63) is 35.4 Å². The van der Waals surface area contributed by atoms with Gasteiger partial charge in [-0.1, -0.05) is 37.6 Å². The van der Waals surface area contributed by atoms with Crippen LogP contribution in [-0.2, 0) is 11.3 Å². The van der Waals surface area contributed by atoms with Crippen LogP contribution in [0.15, 0.2) is 24.3 Å². The van der Waals surface area contributed by atoms with Crippen molar-refractivity contribution in [2.45, 2.75) is 39.2 Å². The highest BCUT2D eigenvalue weighted by Crippen LogP contribution is 2.22. The number of nitrogens with two attached hydrogens (primary N) is 1. The molecule has 1 saturated heterocycles. The Balaban J connectivity index is 1.93. The van der Waals surface area contributed by atoms with E-state index in [0.717, 1.165) is 18.0 Å². The summed E-state index contributed by atoms with van der Waals surface area (Å²) in [6.07, 6.45) is 2.60. The van der Waals surface area contributed by atoms with E-state index in [2.05, 4.69) is 29.4 Å². The predicted molar refractivity (Wildman–Crippen MR) is 80.9 cm³/mol. The third-order valence-corrected chi connectivity index (χ3v) is 4.37. The molecule has 3 N–H and O–H groups in total. The molecule has 1 aromatic rings. The number of carbonyl (C=O) groups is 1. The van der Waals surface area contributed by atoms with Gasteiger partial charge in [-0.25, -0.2) is 5.84 Å². The van der Waals surface area contributed by atoms with Gasteiger partial charge in [0, 0.05) is 13.1 Å². The largest absolute Gasteiger partial charge is 0.299 e. The van der Waals surface area contributed by atoms with E-state index in [4.69, 9.17) is 5.84 Å². The summed E-state index contributed by atoms with van der Waals surface area (Å²) >= 11 is 0. The molecular formula is C16H25N3O. The van der Waals surface area contributed by atoms with Gasteiger partial charge in [-0.15, -0.1) is 0 Å². The Hall–Kier alpha value is -1.39. The fourth-order valence-electron chi connectivity index (χ4n) is 2.84. The second-order valence-electron chi connectivity index (χ2n) is 5.77. The van der Waals surface area contributed by atoms with Crippen molar-refractivity contribution in [3.63, 3.8) is 0 Å². The molecule has 1 heterocycles. The smallest absolute Gasteiger partial charge is 0.241 e. The van der Waals surface area contributed by atoms with Crippen LogP contribution in [-0.4, -0.2) is 23.9 Å². The summed E-state index contributed by atoms with van der Waals surface area (Å²) in [6, 6.07) is 8.30. The number of rotatable bonds is 5. The third-order valence-electron chi connectivity index (χ3n) is 4.37. The van der Waals surface area contributed by atoms with E-state index in [1.807, 2.05) is 19.1 Å². The van der Waals surface area contributed by atoms with Gasteiger partial charge in [0.15, 0.2) is 0 Å². The quantitative estimate of drug-likeness (QED) is 0.491. The topological polar surface area (TPSA) is 58.4 Å². The lowest BCUT2D eigenvalue weighted by atomic mass is 9.99. The second kappa shape index (κ2) is 6.86. The number of nitrogens with zero attached hydrogens (tertiary/aromatic N) is 1. The van der Waals surface area contributed by atoms with Crippen LogP contribution in [0, 0.1) is 5.92 Å². The lowest BCUT2D eigenvalue weighted by molar-refractivity contribution is -0.122. The molecule has 0 bridgehead atoms. The van der Waals surface area contributed by atoms with Crippen LogP contribution in [0.5, 0.6) is 0 Å². The van der Waals surface area contributed by atoms with Crippen molar-refractivity contribution in [1.82, 2.24) is 10.3 Å². The van der Waals surface area contributed by atoms with Crippen LogP contribution in [0.3, 0.4) is 0 Å². The fourth-order valence-corrected chi connectivity index (χ4v) is 2.84. The predicted octanol–water partition coefficient (Wildman–Crippen LogP) is 2.01. The molecule has 1 aliphatic heterocycles. The normalized spacial score (nSPS) is 20.9. The maximum absolute atomic E-state index is 11.5. The Labute approximate surface area is 121 Å². The number of carbonyl (C=O) groups excluding carboxylic acids is 1. The van der Waals surface area contributed by atoms with Crippen molar-refractivity contribution >= 4 is 5.91 Å². The first-order valence-corrected chi connectivity index (χ1v) is 7.45. The summed E-state index contributed by atoms with van der Waals surface area (Å²) < 4.78 is 0. The molecule has 0 radical (unpaired) electrons. The Morgan fingerprint density at radius 3 is 2.70 bits per heavy atom. The van der Waals surface area contributed by atoms with Gasteiger partial charge >= 0.3 is 0 Å². The SMILES string of the molecule is CCC1CCN(Cc2ccc(C(C)C(=O)NN)cc2)C1. The number of nitrogens with one attached hydrogen (secondary N) is 1. The van der Waals surface area contributed by atoms with E-state index in [-0.39, 0.29) is 11.8 Å². The maximum Gasteiger partial charge on any atom is 0.241 e. The Kier molecular flexibility index (Phi) is 5.15. The molecule has 2 rings (SSSR count). The van der Waals surface area contributed by atoms with Crippen LogP contribution in [0.2, 0.25) is 0 Å². The minimum Gasteiger partial charge on any atom is -0.299 e. The van der Waals surface area contributed by atoms with E-state index >= 15 is 0 Å². The molecule has 2 atom stereocenters. The van der Waals surface area contributed by atoms with Crippen LogP contribution in [0.1, 0.15) is 43.7 Å². The minimum atomic E-state index is -0.203. The summed E-state index contributed by atoms with van der Waals surface area (Å²) in [6.45, 7) is 7.56. The molecule has 0 aromatic heterocycles. The standard InChI is InChI=1S/C16H25N3O/c1-3-13-8-9-19(10-13)11-14-4-6-15(7-5-14)12(2)16(20)18-17/h4-7,12-13H,3,8-11,17H2,1-2H3,(H,18,20). The average Bonchev–Trinajstić information content (AvgIpc) is 2.94. The van der Waals surface area contributed by atoms with Crippen molar-refractivity contribution in [3.8, 4) is 0 Å². The average molecular weight is 275 g/mol. The van der Waals surface area contributed by atoms with Crippen molar-refractivity contribution in [2.75, 3.05) is 13.1 Å². The number of likely N-dealkylation sites (tertiary alicyclic amines) is 1. The summed E-state index contributed by atoms with van der Waals surface area (Å²) in [4.78, 5) is 14.0. The maximum atomic E-state index is 11.5. The van der Waals surface area contributed by atoms with E-state index in [0.29, 0.717) is 0 Å². The van der Waals surface area contributed by atoms with Crippen molar-refractivity contribution in [1.29, 1.82) is 0 Å². The third kappa shape index (κ3) is 3.58. The fraction of sp³-hybridized carbons (Fsp3) is 0.562. The number of hydrazine groups is 1. The molecule has 0 aliphatic carbocycles. The van der Waals surface area contributed by atoms with Crippen molar-refractivity contribution in [2.24, 2.45) is 11.8 Å². The summed E-state index contributed by atoms with van der Waals surface area (Å²) in [5.74, 6) is 5.68. The second-order valence-corrected chi connectivity index (χ2v) is 5.77. The van der Waals surface area contributed by atoms with Gasteiger partial charge in [-0.3, -0.25) is 15.1 Å². The summed E-state index contributed by atoms with van der Waals surface area (Å²) in [7, 11) is 0. The number of amides is 1. The van der Waals surface area contributed by atoms with Gasteiger partial charge in [0.2, 0.25) is 5.91 Å². The van der Waals surface area contributed by atoms with Crippen LogP contribution in [0.25, 0.3) is 0 Å². The van der Waals surface area contributed by atoms with E-state index in [9.17, 15) is 4.79 Å². The Bertz CT molecular complexity index is 444. The molecule has 1 amide bonds. The van der Waals surface area contributed by atoms with Gasteiger partial charge in [-0.2, -0.15) is 0 Å². The first-order valence-electron chi connectivity index (χ1n) is 7.45. The molecule has 0 saturated carbocycles. The lowest BCUT2D eigenvalue weighted by Crippen LogP contribution is -2.33. The number of benzene rings is 1. The molecule has 4 nitrogen and oxygen atoms in total. The van der Waals surface area contributed by atoms with Crippen molar-refractivity contribution < 1.29 is 4.79 Å². The Morgan fingerprint density at radius 2 is 2.15 bits per heavy atom. The zero-order chi connectivity index (χ0) is 14.5. The molecule has 2 unspecified atom stereocenters. The zero-order valence-corrected chi connectivity index (χ0v) is 12.4. The summed E-state index contributed by atoms with van der Waals surface area (Å²) in [5.41, 5.74) is 4.52. The van der Waals surface area contributed by atoms with E-state index < -0.39 is 0 Å². The highest BCUT2D eigenvalue weighted by molar-refractivity contribution is 5.82. The Morgan fingerprint density at radius 1 is 1.45 bits per heavy atom. The van der Waals surface area contributed by atoms with Gasteiger partial charge < -0.3 is 0 Å². The number of hydrogen-bond donors (Lipinski definition) is 2. The van der Waals surface area contributed by atoms with E-state index in [1.54, 1.807) is 0 Å². The number of hydrogen-bond acceptors (Lipinski definition) is 3. The van der Waals surface area contributed by atoms with E-state index in [1.165, 1.54) is 31.5 Å². The first-order chi connectivity index (χ1) is 9.63. The monoisotopic (exact) mass is 275 g/mol. The summed E-state index contributed by atoms with van der Waals surface area (Å²) in [5, 5.41) is 0. The van der Waals surface area contributed by atoms with Crippen LogP contribution < -0.4 is 11.3 Å². The van der Waals surface area contributed by atoms with Gasteiger partial charge in [0.25, 0.3) is 0 Å². The van der Waals surface area contributed by atoms with Gasteiger partial charge in [-0.05, 0) is 36.9 Å². The molecule has 1 aliphatic rings. The molecule has 110 valence electrons. The van der Waals surface area contributed by atoms with Crippen LogP contribution in [0.4, 0.5) is 0 Å². The molecular weight excluding hydrogens is 250 g/mol.